The van der Waals surface area contributed by atoms with Gasteiger partial charge in [-0.25, -0.2) is 8.78 Å². The first-order valence-electron chi connectivity index (χ1n) is 6.75. The van der Waals surface area contributed by atoms with Gasteiger partial charge in [0, 0.05) is 6.42 Å². The molecule has 1 aliphatic heterocycles. The van der Waals surface area contributed by atoms with Crippen molar-refractivity contribution in [1.29, 1.82) is 0 Å². The Morgan fingerprint density at radius 1 is 1.33 bits per heavy atom. The third kappa shape index (κ3) is 1.84. The first kappa shape index (κ1) is 13.9. The maximum atomic E-state index is 14.6. The molecular formula is C14H16F2N4O. The Balaban J connectivity index is 2.39. The van der Waals surface area contributed by atoms with E-state index in [1.807, 2.05) is 20.8 Å². The molecule has 0 bridgehead atoms. The second-order valence-corrected chi connectivity index (χ2v) is 5.58. The summed E-state index contributed by atoms with van der Waals surface area (Å²) in [5, 5.41) is 20.5. The summed E-state index contributed by atoms with van der Waals surface area (Å²) in [6, 6.07) is 1.20. The van der Waals surface area contributed by atoms with Crippen molar-refractivity contribution in [2.75, 3.05) is 5.32 Å². The molecule has 2 heterocycles. The van der Waals surface area contributed by atoms with E-state index in [2.05, 4.69) is 15.5 Å². The number of nitrogens with one attached hydrogen (secondary N) is 1. The monoisotopic (exact) mass is 294 g/mol. The number of fused-ring (bicyclic) bond motifs is 3. The van der Waals surface area contributed by atoms with Gasteiger partial charge in [0.15, 0.2) is 11.6 Å². The van der Waals surface area contributed by atoms with Gasteiger partial charge in [0.1, 0.15) is 17.3 Å². The first-order valence-corrected chi connectivity index (χ1v) is 6.75. The fraction of sp³-hybridized carbons (Fsp3) is 0.429. The van der Waals surface area contributed by atoms with Gasteiger partial charge < -0.3 is 10.4 Å². The highest BCUT2D eigenvalue weighted by Crippen LogP contribution is 2.39. The Morgan fingerprint density at radius 2 is 2.05 bits per heavy atom. The average Bonchev–Trinajstić information content (AvgIpc) is 2.83. The van der Waals surface area contributed by atoms with Crippen LogP contribution < -0.4 is 5.32 Å². The van der Waals surface area contributed by atoms with Crippen LogP contribution in [0.5, 0.6) is 0 Å². The van der Waals surface area contributed by atoms with Crippen LogP contribution in [0.15, 0.2) is 6.07 Å². The number of hydrogen-bond donors (Lipinski definition) is 2. The molecule has 21 heavy (non-hydrogen) atoms. The Hall–Kier alpha value is -2.02. The molecule has 0 radical (unpaired) electrons. The highest BCUT2D eigenvalue weighted by Gasteiger charge is 2.37. The Labute approximate surface area is 120 Å². The third-order valence-corrected chi connectivity index (χ3v) is 3.72. The second kappa shape index (κ2) is 4.49. The molecule has 1 aromatic heterocycles. The molecule has 5 nitrogen and oxygen atoms in total. The highest BCUT2D eigenvalue weighted by molar-refractivity contribution is 5.68. The molecule has 3 rings (SSSR count). The molecule has 0 saturated carbocycles. The van der Waals surface area contributed by atoms with E-state index in [-0.39, 0.29) is 11.3 Å². The Morgan fingerprint density at radius 3 is 2.67 bits per heavy atom. The third-order valence-electron chi connectivity index (χ3n) is 3.72. The van der Waals surface area contributed by atoms with Gasteiger partial charge in [0.05, 0.1) is 23.4 Å². The highest BCUT2D eigenvalue weighted by atomic mass is 19.1. The van der Waals surface area contributed by atoms with Crippen LogP contribution in [-0.2, 0) is 18.6 Å². The summed E-state index contributed by atoms with van der Waals surface area (Å²) in [6.45, 7) is 4.92. The van der Waals surface area contributed by atoms with Gasteiger partial charge in [0.2, 0.25) is 0 Å². The zero-order valence-electron chi connectivity index (χ0n) is 12.0. The van der Waals surface area contributed by atoms with E-state index in [1.54, 1.807) is 4.57 Å². The smallest absolute Gasteiger partial charge is 0.162 e. The maximum absolute atomic E-state index is 14.6. The quantitative estimate of drug-likeness (QED) is 0.892. The van der Waals surface area contributed by atoms with E-state index in [0.717, 1.165) is 0 Å². The van der Waals surface area contributed by atoms with Crippen molar-refractivity contribution >= 4 is 5.69 Å². The van der Waals surface area contributed by atoms with E-state index in [1.165, 1.54) is 6.07 Å². The number of aliphatic hydroxyl groups excluding tert-OH is 1. The largest absolute Gasteiger partial charge is 0.391 e. The van der Waals surface area contributed by atoms with Crippen molar-refractivity contribution in [3.05, 3.63) is 34.9 Å². The number of anilines is 1. The van der Waals surface area contributed by atoms with E-state index >= 15 is 0 Å². The van der Waals surface area contributed by atoms with Gasteiger partial charge in [0.25, 0.3) is 0 Å². The number of benzene rings is 1. The zero-order valence-corrected chi connectivity index (χ0v) is 12.0. The van der Waals surface area contributed by atoms with Crippen molar-refractivity contribution in [3.8, 4) is 5.69 Å². The van der Waals surface area contributed by atoms with Gasteiger partial charge in [-0.2, -0.15) is 0 Å². The molecule has 1 aromatic carbocycles. The molecule has 2 aromatic rings. The lowest BCUT2D eigenvalue weighted by molar-refractivity contribution is 0.268. The lowest BCUT2D eigenvalue weighted by atomic mass is 9.98. The molecule has 0 amide bonds. The van der Waals surface area contributed by atoms with E-state index in [0.29, 0.717) is 23.8 Å². The molecule has 0 aliphatic carbocycles. The van der Waals surface area contributed by atoms with Gasteiger partial charge in [-0.15, -0.1) is 10.2 Å². The van der Waals surface area contributed by atoms with Crippen LogP contribution in [0.4, 0.5) is 14.5 Å². The summed E-state index contributed by atoms with van der Waals surface area (Å²) in [7, 11) is 0. The topological polar surface area (TPSA) is 63.0 Å². The Bertz CT molecular complexity index is 724. The van der Waals surface area contributed by atoms with Crippen LogP contribution in [0.25, 0.3) is 5.69 Å². The molecular weight excluding hydrogens is 278 g/mol. The standard InChI is InChI=1S/C14H16F2N4O/c1-4-10-18-19-13-14(2,3)17-9-5-8(15)7(6-21)11(16)12(9)20(10)13/h5,17,21H,4,6H2,1-3H3. The lowest BCUT2D eigenvalue weighted by Crippen LogP contribution is -2.36. The van der Waals surface area contributed by atoms with Crippen molar-refractivity contribution < 1.29 is 13.9 Å². The zero-order chi connectivity index (χ0) is 15.4. The SMILES string of the molecule is CCc1nnc2n1-c1c(cc(F)c(CO)c1F)NC2(C)C. The number of aryl methyl sites for hydroxylation is 1. The molecule has 2 N–H and O–H groups in total. The predicted molar refractivity (Wildman–Crippen MR) is 73.2 cm³/mol. The van der Waals surface area contributed by atoms with Gasteiger partial charge in [-0.05, 0) is 19.9 Å². The van der Waals surface area contributed by atoms with E-state index in [4.69, 9.17) is 0 Å². The minimum Gasteiger partial charge on any atom is -0.391 e. The van der Waals surface area contributed by atoms with Gasteiger partial charge >= 0.3 is 0 Å². The molecule has 0 fully saturated rings. The summed E-state index contributed by atoms with van der Waals surface area (Å²) in [5.41, 5.74) is -0.463. The van der Waals surface area contributed by atoms with Crippen LogP contribution in [0.3, 0.4) is 0 Å². The number of halogens is 2. The first-order chi connectivity index (χ1) is 9.90. The summed E-state index contributed by atoms with van der Waals surface area (Å²) < 4.78 is 30.1. The molecule has 0 spiro atoms. The maximum Gasteiger partial charge on any atom is 0.162 e. The Kier molecular flexibility index (Phi) is 2.98. The average molecular weight is 294 g/mol. The van der Waals surface area contributed by atoms with Gasteiger partial charge in [-0.3, -0.25) is 4.57 Å². The van der Waals surface area contributed by atoms with Gasteiger partial charge in [-0.1, -0.05) is 6.92 Å². The number of aliphatic hydroxyl groups is 1. The molecule has 0 saturated heterocycles. The van der Waals surface area contributed by atoms with E-state index in [9.17, 15) is 13.9 Å². The van der Waals surface area contributed by atoms with Crippen molar-refractivity contribution in [2.24, 2.45) is 0 Å². The number of hydrogen-bond acceptors (Lipinski definition) is 4. The number of nitrogens with zero attached hydrogens (tertiary/aromatic N) is 3. The fourth-order valence-electron chi connectivity index (χ4n) is 2.68. The summed E-state index contributed by atoms with van der Waals surface area (Å²) >= 11 is 0. The van der Waals surface area contributed by atoms with Crippen LogP contribution >= 0.6 is 0 Å². The summed E-state index contributed by atoms with van der Waals surface area (Å²) in [4.78, 5) is 0. The predicted octanol–water partition coefficient (Wildman–Crippen LogP) is 2.26. The van der Waals surface area contributed by atoms with E-state index < -0.39 is 23.8 Å². The molecule has 112 valence electrons. The number of rotatable bonds is 2. The fourth-order valence-corrected chi connectivity index (χ4v) is 2.68. The summed E-state index contributed by atoms with van der Waals surface area (Å²) in [6.07, 6.45) is 0.563. The van der Waals surface area contributed by atoms with Crippen molar-refractivity contribution in [3.63, 3.8) is 0 Å². The normalized spacial score (nSPS) is 15.3. The second-order valence-electron chi connectivity index (χ2n) is 5.58. The van der Waals surface area contributed by atoms with Crippen LogP contribution in [0.1, 0.15) is 38.0 Å². The van der Waals surface area contributed by atoms with Crippen LogP contribution in [0.2, 0.25) is 0 Å². The van der Waals surface area contributed by atoms with Crippen LogP contribution in [-0.4, -0.2) is 19.9 Å². The van der Waals surface area contributed by atoms with Crippen molar-refractivity contribution in [1.82, 2.24) is 14.8 Å². The molecule has 1 aliphatic rings. The van der Waals surface area contributed by atoms with Crippen molar-refractivity contribution in [2.45, 2.75) is 39.3 Å². The number of aromatic nitrogens is 3. The molecule has 0 atom stereocenters. The minimum atomic E-state index is -0.786. The molecule has 7 heteroatoms. The van der Waals surface area contributed by atoms with Crippen LogP contribution in [0, 0.1) is 11.6 Å². The molecule has 0 unspecified atom stereocenters. The lowest BCUT2D eigenvalue weighted by Gasteiger charge is -2.34. The minimum absolute atomic E-state index is 0.164. The summed E-state index contributed by atoms with van der Waals surface area (Å²) in [5.74, 6) is -0.408.